The lowest BCUT2D eigenvalue weighted by molar-refractivity contribution is -0.147. The molecule has 0 amide bonds. The molecule has 0 heterocycles. The summed E-state index contributed by atoms with van der Waals surface area (Å²) in [6, 6.07) is 0.441. The van der Waals surface area contributed by atoms with Crippen LogP contribution in [-0.4, -0.2) is 61.4 Å². The van der Waals surface area contributed by atoms with Gasteiger partial charge in [-0.15, -0.1) is 0 Å². The molecule has 20 heavy (non-hydrogen) atoms. The predicted octanol–water partition coefficient (Wildman–Crippen LogP) is 1.19. The van der Waals surface area contributed by atoms with E-state index in [-0.39, 0.29) is 5.92 Å². The third-order valence-electron chi connectivity index (χ3n) is 5.02. The lowest BCUT2D eigenvalue weighted by atomic mass is 9.91. The van der Waals surface area contributed by atoms with Gasteiger partial charge in [-0.05, 0) is 51.5 Å². The summed E-state index contributed by atoms with van der Waals surface area (Å²) in [7, 11) is 3.48. The number of rotatable bonds is 10. The summed E-state index contributed by atoms with van der Waals surface area (Å²) in [6.07, 6.45) is 4.58. The Morgan fingerprint density at radius 2 is 2.10 bits per heavy atom. The summed E-state index contributed by atoms with van der Waals surface area (Å²) in [4.78, 5) is 14.1. The molecule has 2 atom stereocenters. The number of aliphatic carboxylic acids is 1. The van der Waals surface area contributed by atoms with E-state index in [1.54, 1.807) is 14.2 Å². The van der Waals surface area contributed by atoms with Crippen LogP contribution in [0.2, 0.25) is 0 Å². The van der Waals surface area contributed by atoms with Crippen LogP contribution in [0.15, 0.2) is 0 Å². The molecule has 0 spiro atoms. The van der Waals surface area contributed by atoms with E-state index in [4.69, 9.17) is 4.74 Å². The molecule has 2 aliphatic carbocycles. The number of carboxylic acid groups (broad SMARTS) is 1. The van der Waals surface area contributed by atoms with Crippen LogP contribution in [0.5, 0.6) is 0 Å². The maximum absolute atomic E-state index is 11.8. The van der Waals surface area contributed by atoms with Gasteiger partial charge >= 0.3 is 5.97 Å². The van der Waals surface area contributed by atoms with E-state index >= 15 is 0 Å². The van der Waals surface area contributed by atoms with Crippen LogP contribution >= 0.6 is 0 Å². The predicted molar refractivity (Wildman–Crippen MR) is 77.8 cm³/mol. The standard InChI is InChI=1S/C15H28N2O3/c1-11(12-4-5-12)17(8-9-20-3)10-15(16-2,14(18)19)13-6-7-13/h11-13,16H,4-10H2,1-3H3,(H,18,19). The number of ether oxygens (including phenoxy) is 1. The van der Waals surface area contributed by atoms with Crippen molar-refractivity contribution in [1.82, 2.24) is 10.2 Å². The van der Waals surface area contributed by atoms with Crippen LogP contribution in [0.3, 0.4) is 0 Å². The normalized spacial score (nSPS) is 23.6. The fourth-order valence-corrected chi connectivity index (χ4v) is 3.17. The summed E-state index contributed by atoms with van der Waals surface area (Å²) in [6.45, 7) is 4.26. The van der Waals surface area contributed by atoms with E-state index in [9.17, 15) is 9.90 Å². The van der Waals surface area contributed by atoms with Gasteiger partial charge in [-0.3, -0.25) is 9.69 Å². The molecule has 0 saturated heterocycles. The van der Waals surface area contributed by atoms with Crippen molar-refractivity contribution in [3.05, 3.63) is 0 Å². The molecule has 0 radical (unpaired) electrons. The molecule has 2 saturated carbocycles. The minimum atomic E-state index is -0.795. The van der Waals surface area contributed by atoms with Crippen molar-refractivity contribution in [2.75, 3.05) is 33.9 Å². The number of methoxy groups -OCH3 is 1. The van der Waals surface area contributed by atoms with Crippen LogP contribution < -0.4 is 5.32 Å². The number of hydrogen-bond acceptors (Lipinski definition) is 4. The number of carboxylic acids is 1. The van der Waals surface area contributed by atoms with Gasteiger partial charge < -0.3 is 15.2 Å². The average Bonchev–Trinajstić information content (AvgIpc) is 3.30. The molecule has 2 N–H and O–H groups in total. The molecule has 2 fully saturated rings. The Labute approximate surface area is 121 Å². The topological polar surface area (TPSA) is 61.8 Å². The van der Waals surface area contributed by atoms with Crippen LogP contribution in [0.25, 0.3) is 0 Å². The molecule has 0 aromatic carbocycles. The molecular weight excluding hydrogens is 256 g/mol. The first-order valence-electron chi connectivity index (χ1n) is 7.70. The van der Waals surface area contributed by atoms with Crippen molar-refractivity contribution >= 4 is 5.97 Å². The van der Waals surface area contributed by atoms with Gasteiger partial charge in [0.2, 0.25) is 0 Å². The third kappa shape index (κ3) is 3.32. The SMILES string of the molecule is CNC(CN(CCOC)C(C)C1CC1)(C(=O)O)C1CC1. The van der Waals surface area contributed by atoms with Crippen LogP contribution in [-0.2, 0) is 9.53 Å². The molecule has 5 heteroatoms. The summed E-state index contributed by atoms with van der Waals surface area (Å²) in [5.41, 5.74) is -0.795. The largest absolute Gasteiger partial charge is 0.480 e. The first-order chi connectivity index (χ1) is 9.55. The second-order valence-corrected chi connectivity index (χ2v) is 6.34. The van der Waals surface area contributed by atoms with Crippen molar-refractivity contribution in [3.8, 4) is 0 Å². The lowest BCUT2D eigenvalue weighted by Gasteiger charge is -2.38. The van der Waals surface area contributed by atoms with Gasteiger partial charge in [-0.1, -0.05) is 0 Å². The number of nitrogens with zero attached hydrogens (tertiary/aromatic N) is 1. The van der Waals surface area contributed by atoms with E-state index in [0.717, 1.165) is 25.3 Å². The monoisotopic (exact) mass is 284 g/mol. The zero-order valence-corrected chi connectivity index (χ0v) is 12.9. The third-order valence-corrected chi connectivity index (χ3v) is 5.02. The van der Waals surface area contributed by atoms with E-state index in [1.165, 1.54) is 12.8 Å². The molecule has 0 aromatic rings. The smallest absolute Gasteiger partial charge is 0.325 e. The number of nitrogens with one attached hydrogen (secondary N) is 1. The highest BCUT2D eigenvalue weighted by Gasteiger charge is 2.52. The van der Waals surface area contributed by atoms with E-state index in [1.807, 2.05) is 0 Å². The Morgan fingerprint density at radius 1 is 1.45 bits per heavy atom. The van der Waals surface area contributed by atoms with E-state index in [2.05, 4.69) is 17.1 Å². The summed E-state index contributed by atoms with van der Waals surface area (Å²) in [5, 5.41) is 12.8. The Morgan fingerprint density at radius 3 is 2.50 bits per heavy atom. The van der Waals surface area contributed by atoms with Crippen molar-refractivity contribution in [1.29, 1.82) is 0 Å². The van der Waals surface area contributed by atoms with Crippen LogP contribution in [0, 0.1) is 11.8 Å². The molecule has 2 unspecified atom stereocenters. The minimum Gasteiger partial charge on any atom is -0.480 e. The summed E-state index contributed by atoms with van der Waals surface area (Å²) < 4.78 is 5.20. The van der Waals surface area contributed by atoms with Gasteiger partial charge in [-0.2, -0.15) is 0 Å². The Bertz CT molecular complexity index is 342. The van der Waals surface area contributed by atoms with Crippen molar-refractivity contribution in [2.45, 2.75) is 44.2 Å². The van der Waals surface area contributed by atoms with Crippen LogP contribution in [0.1, 0.15) is 32.6 Å². The quantitative estimate of drug-likeness (QED) is 0.631. The Kier molecular flexibility index (Phi) is 5.04. The van der Waals surface area contributed by atoms with Crippen molar-refractivity contribution < 1.29 is 14.6 Å². The highest BCUT2D eigenvalue weighted by atomic mass is 16.5. The second-order valence-electron chi connectivity index (χ2n) is 6.34. The first-order valence-corrected chi connectivity index (χ1v) is 7.70. The summed E-state index contributed by atoms with van der Waals surface area (Å²) in [5.74, 6) is 0.281. The van der Waals surface area contributed by atoms with Crippen molar-refractivity contribution in [2.24, 2.45) is 11.8 Å². The van der Waals surface area contributed by atoms with Gasteiger partial charge in [0.1, 0.15) is 5.54 Å². The fourth-order valence-electron chi connectivity index (χ4n) is 3.17. The number of likely N-dealkylation sites (N-methyl/N-ethyl adjacent to an activating group) is 1. The Hall–Kier alpha value is -0.650. The molecule has 2 aliphatic rings. The van der Waals surface area contributed by atoms with Crippen molar-refractivity contribution in [3.63, 3.8) is 0 Å². The fraction of sp³-hybridized carbons (Fsp3) is 0.933. The zero-order chi connectivity index (χ0) is 14.8. The zero-order valence-electron chi connectivity index (χ0n) is 12.9. The molecule has 2 rings (SSSR count). The number of hydrogen-bond donors (Lipinski definition) is 2. The maximum Gasteiger partial charge on any atom is 0.325 e. The van der Waals surface area contributed by atoms with Gasteiger partial charge in [0.05, 0.1) is 6.61 Å². The van der Waals surface area contributed by atoms with E-state index in [0.29, 0.717) is 19.2 Å². The lowest BCUT2D eigenvalue weighted by Crippen LogP contribution is -2.61. The minimum absolute atomic E-state index is 0.265. The first kappa shape index (κ1) is 15.7. The van der Waals surface area contributed by atoms with Gasteiger partial charge in [-0.25, -0.2) is 0 Å². The molecule has 0 aliphatic heterocycles. The molecular formula is C15H28N2O3. The summed E-state index contributed by atoms with van der Waals surface area (Å²) >= 11 is 0. The second kappa shape index (κ2) is 6.41. The highest BCUT2D eigenvalue weighted by Crippen LogP contribution is 2.42. The van der Waals surface area contributed by atoms with E-state index < -0.39 is 11.5 Å². The van der Waals surface area contributed by atoms with Crippen LogP contribution in [0.4, 0.5) is 0 Å². The van der Waals surface area contributed by atoms with Gasteiger partial charge in [0.15, 0.2) is 0 Å². The molecule has 116 valence electrons. The molecule has 0 bridgehead atoms. The average molecular weight is 284 g/mol. The molecule has 0 aromatic heterocycles. The maximum atomic E-state index is 11.8. The highest BCUT2D eigenvalue weighted by molar-refractivity contribution is 5.80. The van der Waals surface area contributed by atoms with Gasteiger partial charge in [0, 0.05) is 26.2 Å². The Balaban J connectivity index is 2.08. The molecule has 5 nitrogen and oxygen atoms in total. The number of carbonyl (C=O) groups is 1. The van der Waals surface area contributed by atoms with Gasteiger partial charge in [0.25, 0.3) is 0 Å².